The number of hydrogen-bond donors (Lipinski definition) is 3. The van der Waals surface area contributed by atoms with Gasteiger partial charge in [-0.3, -0.25) is 4.79 Å². The number of aliphatic hydroxyl groups excluding tert-OH is 1. The van der Waals surface area contributed by atoms with Crippen LogP contribution in [-0.4, -0.2) is 34.7 Å². The Kier molecular flexibility index (Phi) is 5.58. The molecule has 18 heavy (non-hydrogen) atoms. The lowest BCUT2D eigenvalue weighted by atomic mass is 10.2. The fourth-order valence-electron chi connectivity index (χ4n) is 1.21. The molecule has 98 valence electrons. The van der Waals surface area contributed by atoms with E-state index in [4.69, 9.17) is 21.8 Å². The summed E-state index contributed by atoms with van der Waals surface area (Å²) in [6.45, 7) is 0.0608. The summed E-state index contributed by atoms with van der Waals surface area (Å²) in [6.07, 6.45) is -1.53. The van der Waals surface area contributed by atoms with E-state index in [9.17, 15) is 9.59 Å². The largest absolute Gasteiger partial charge is 0.479 e. The third-order valence-electron chi connectivity index (χ3n) is 2.16. The van der Waals surface area contributed by atoms with Crippen molar-refractivity contribution in [3.63, 3.8) is 0 Å². The van der Waals surface area contributed by atoms with E-state index < -0.39 is 12.1 Å². The van der Waals surface area contributed by atoms with Gasteiger partial charge in [0.05, 0.1) is 5.56 Å². The predicted octanol–water partition coefficient (Wildman–Crippen LogP) is 1.67. The molecule has 5 nitrogen and oxygen atoms in total. The first kappa shape index (κ1) is 14.9. The fraction of sp³-hybridized carbons (Fsp3) is 0.273. The second-order valence-electron chi connectivity index (χ2n) is 3.52. The Morgan fingerprint density at radius 2 is 2.11 bits per heavy atom. The lowest BCUT2D eigenvalue weighted by Crippen LogP contribution is -2.30. The van der Waals surface area contributed by atoms with Crippen LogP contribution in [0, 0.1) is 0 Å². The van der Waals surface area contributed by atoms with Gasteiger partial charge < -0.3 is 15.5 Å². The Hall–Kier alpha value is -1.11. The number of carbonyl (C=O) groups is 2. The molecule has 0 bridgehead atoms. The lowest BCUT2D eigenvalue weighted by molar-refractivity contribution is -0.146. The maximum absolute atomic E-state index is 11.7. The maximum Gasteiger partial charge on any atom is 0.332 e. The van der Waals surface area contributed by atoms with Crippen molar-refractivity contribution in [2.24, 2.45) is 0 Å². The van der Waals surface area contributed by atoms with Crippen molar-refractivity contribution in [1.82, 2.24) is 5.32 Å². The summed E-state index contributed by atoms with van der Waals surface area (Å²) in [5, 5.41) is 20.4. The van der Waals surface area contributed by atoms with Crippen molar-refractivity contribution in [3.05, 3.63) is 33.3 Å². The summed E-state index contributed by atoms with van der Waals surface area (Å²) in [6, 6.07) is 4.77. The Morgan fingerprint density at radius 1 is 1.44 bits per heavy atom. The van der Waals surface area contributed by atoms with Gasteiger partial charge in [0, 0.05) is 22.5 Å². The number of rotatable bonds is 5. The van der Waals surface area contributed by atoms with Gasteiger partial charge in [-0.1, -0.05) is 11.6 Å². The number of amides is 1. The minimum Gasteiger partial charge on any atom is -0.479 e. The maximum atomic E-state index is 11.7. The van der Waals surface area contributed by atoms with Crippen LogP contribution in [0.1, 0.15) is 16.8 Å². The van der Waals surface area contributed by atoms with Gasteiger partial charge in [-0.15, -0.1) is 0 Å². The van der Waals surface area contributed by atoms with E-state index in [0.717, 1.165) is 0 Å². The molecule has 1 rings (SSSR count). The number of carbonyl (C=O) groups excluding carboxylic acids is 1. The molecule has 0 saturated heterocycles. The zero-order chi connectivity index (χ0) is 13.7. The zero-order valence-corrected chi connectivity index (χ0v) is 11.5. The number of halogens is 2. The van der Waals surface area contributed by atoms with Crippen molar-refractivity contribution in [3.8, 4) is 0 Å². The molecule has 0 aliphatic carbocycles. The number of hydrogen-bond acceptors (Lipinski definition) is 3. The van der Waals surface area contributed by atoms with Crippen LogP contribution in [0.3, 0.4) is 0 Å². The average Bonchev–Trinajstić information content (AvgIpc) is 2.31. The molecule has 1 aromatic rings. The van der Waals surface area contributed by atoms with Crippen LogP contribution in [-0.2, 0) is 4.79 Å². The van der Waals surface area contributed by atoms with Crippen molar-refractivity contribution < 1.29 is 19.8 Å². The van der Waals surface area contributed by atoms with Gasteiger partial charge in [-0.2, -0.15) is 0 Å². The van der Waals surface area contributed by atoms with Crippen molar-refractivity contribution in [2.75, 3.05) is 6.54 Å². The van der Waals surface area contributed by atoms with Gasteiger partial charge in [0.1, 0.15) is 0 Å². The molecule has 3 N–H and O–H groups in total. The summed E-state index contributed by atoms with van der Waals surface area (Å²) in [7, 11) is 0. The number of carboxylic acids is 1. The molecule has 0 unspecified atom stereocenters. The monoisotopic (exact) mass is 335 g/mol. The minimum atomic E-state index is -1.48. The highest BCUT2D eigenvalue weighted by Gasteiger charge is 2.14. The van der Waals surface area contributed by atoms with E-state index in [2.05, 4.69) is 21.2 Å². The van der Waals surface area contributed by atoms with Crippen molar-refractivity contribution in [1.29, 1.82) is 0 Å². The van der Waals surface area contributed by atoms with Crippen LogP contribution < -0.4 is 5.32 Å². The Morgan fingerprint density at radius 3 is 2.72 bits per heavy atom. The molecular weight excluding hydrogens is 325 g/mol. The molecule has 0 aliphatic rings. The van der Waals surface area contributed by atoms with Gasteiger partial charge in [0.15, 0.2) is 6.10 Å². The van der Waals surface area contributed by atoms with Crippen LogP contribution in [0.25, 0.3) is 0 Å². The van der Waals surface area contributed by atoms with Gasteiger partial charge in [-0.25, -0.2) is 4.79 Å². The number of carboxylic acid groups (broad SMARTS) is 1. The van der Waals surface area contributed by atoms with Gasteiger partial charge in [0.2, 0.25) is 0 Å². The van der Waals surface area contributed by atoms with Gasteiger partial charge in [0.25, 0.3) is 5.91 Å². The molecule has 1 amide bonds. The normalized spacial score (nSPS) is 11.9. The first-order valence-electron chi connectivity index (χ1n) is 5.06. The minimum absolute atomic E-state index is 0.0563. The van der Waals surface area contributed by atoms with E-state index in [1.165, 1.54) is 6.07 Å². The second-order valence-corrected chi connectivity index (χ2v) is 4.81. The smallest absolute Gasteiger partial charge is 0.332 e. The van der Waals surface area contributed by atoms with E-state index in [0.29, 0.717) is 15.1 Å². The first-order chi connectivity index (χ1) is 8.41. The quantitative estimate of drug-likeness (QED) is 0.763. The number of nitrogens with one attached hydrogen (secondary N) is 1. The van der Waals surface area contributed by atoms with E-state index in [1.54, 1.807) is 12.1 Å². The highest BCUT2D eigenvalue weighted by Crippen LogP contribution is 2.20. The van der Waals surface area contributed by atoms with Gasteiger partial charge in [-0.05, 0) is 34.1 Å². The van der Waals surface area contributed by atoms with Crippen molar-refractivity contribution >= 4 is 39.4 Å². The first-order valence-corrected chi connectivity index (χ1v) is 6.23. The third kappa shape index (κ3) is 4.29. The van der Waals surface area contributed by atoms with Crippen LogP contribution in [0.2, 0.25) is 5.02 Å². The summed E-state index contributed by atoms with van der Waals surface area (Å²) in [5.41, 5.74) is 0.354. The fourth-order valence-corrected chi connectivity index (χ4v) is 1.81. The average molecular weight is 337 g/mol. The van der Waals surface area contributed by atoms with Gasteiger partial charge >= 0.3 is 5.97 Å². The molecule has 0 aliphatic heterocycles. The molecule has 0 fully saturated rings. The van der Waals surface area contributed by atoms with Crippen LogP contribution in [0.4, 0.5) is 0 Å². The third-order valence-corrected chi connectivity index (χ3v) is 3.09. The molecule has 7 heteroatoms. The van der Waals surface area contributed by atoms with E-state index in [1.807, 2.05) is 0 Å². The van der Waals surface area contributed by atoms with E-state index in [-0.39, 0.29) is 18.9 Å². The number of aliphatic hydroxyl groups is 1. The molecule has 1 aromatic carbocycles. The highest BCUT2D eigenvalue weighted by molar-refractivity contribution is 9.10. The number of benzene rings is 1. The zero-order valence-electron chi connectivity index (χ0n) is 9.19. The summed E-state index contributed by atoms with van der Waals surface area (Å²) < 4.78 is 0.586. The second kappa shape index (κ2) is 6.72. The van der Waals surface area contributed by atoms with Crippen LogP contribution >= 0.6 is 27.5 Å². The van der Waals surface area contributed by atoms with Crippen molar-refractivity contribution in [2.45, 2.75) is 12.5 Å². The Labute approximate surface area is 117 Å². The molecule has 0 spiro atoms. The van der Waals surface area contributed by atoms with E-state index >= 15 is 0 Å². The highest BCUT2D eigenvalue weighted by atomic mass is 79.9. The molecule has 0 saturated carbocycles. The summed E-state index contributed by atoms with van der Waals surface area (Å²) >= 11 is 8.98. The predicted molar refractivity (Wildman–Crippen MR) is 69.7 cm³/mol. The molecular formula is C11H11BrClNO4. The van der Waals surface area contributed by atoms with Crippen LogP contribution in [0.5, 0.6) is 0 Å². The summed E-state index contributed by atoms with van der Waals surface area (Å²) in [4.78, 5) is 22.1. The standard InChI is InChI=1S/C11H11BrClNO4/c12-8-2-1-6(13)5-7(8)10(16)14-4-3-9(15)11(17)18/h1-2,5,9,15H,3-4H2,(H,14,16)(H,17,18)/t9-/m0/s1. The molecule has 0 aromatic heterocycles. The lowest BCUT2D eigenvalue weighted by Gasteiger charge is -2.08. The van der Waals surface area contributed by atoms with Crippen LogP contribution in [0.15, 0.2) is 22.7 Å². The molecule has 0 radical (unpaired) electrons. The molecule has 1 atom stereocenters. The SMILES string of the molecule is O=C(NCC[C@H](O)C(=O)O)c1cc(Cl)ccc1Br. The molecule has 0 heterocycles. The topological polar surface area (TPSA) is 86.6 Å². The number of aliphatic carboxylic acids is 1. The Balaban J connectivity index is 2.55. The Bertz CT molecular complexity index is 466. The summed E-state index contributed by atoms with van der Waals surface area (Å²) in [5.74, 6) is -1.70.